The Bertz CT molecular complexity index is 696. The number of aliphatic hydroxyl groups is 1. The van der Waals surface area contributed by atoms with Gasteiger partial charge in [0.25, 0.3) is 0 Å². The highest BCUT2D eigenvalue weighted by atomic mass is 16.3. The highest BCUT2D eigenvalue weighted by Crippen LogP contribution is 2.19. The Kier molecular flexibility index (Phi) is 3.09. The summed E-state index contributed by atoms with van der Waals surface area (Å²) in [6.45, 7) is 3.92. The smallest absolute Gasteiger partial charge is 0.0948 e. The van der Waals surface area contributed by atoms with Crippen LogP contribution >= 0.6 is 0 Å². The van der Waals surface area contributed by atoms with Crippen LogP contribution in [0.4, 0.5) is 0 Å². The Hall–Kier alpha value is -2.07. The number of aryl methyl sites for hydroxylation is 1. The molecule has 0 bridgehead atoms. The molecule has 0 amide bonds. The summed E-state index contributed by atoms with van der Waals surface area (Å²) in [6, 6.07) is 8.16. The minimum absolute atomic E-state index is 0.0774. The van der Waals surface area contributed by atoms with E-state index in [1.807, 2.05) is 24.7 Å². The summed E-state index contributed by atoms with van der Waals surface area (Å²) < 4.78 is 4.33. The predicted octanol–water partition coefficient (Wildman–Crippen LogP) is 2.40. The molecule has 2 heterocycles. The Morgan fingerprint density at radius 1 is 1.21 bits per heavy atom. The van der Waals surface area contributed by atoms with E-state index in [0.717, 1.165) is 24.2 Å². The molecule has 1 aromatic carbocycles. The van der Waals surface area contributed by atoms with Gasteiger partial charge in [0.1, 0.15) is 0 Å². The zero-order valence-corrected chi connectivity index (χ0v) is 11.0. The summed E-state index contributed by atoms with van der Waals surface area (Å²) in [5, 5.41) is 10.4. The van der Waals surface area contributed by atoms with Crippen LogP contribution < -0.4 is 0 Å². The van der Waals surface area contributed by atoms with Crippen molar-refractivity contribution < 1.29 is 5.11 Å². The summed E-state index contributed by atoms with van der Waals surface area (Å²) in [5.41, 5.74) is 3.28. The number of rotatable bonds is 4. The Morgan fingerprint density at radius 3 is 2.89 bits per heavy atom. The zero-order chi connectivity index (χ0) is 13.2. The number of aromatic nitrogens is 3. The van der Waals surface area contributed by atoms with Crippen LogP contribution in [0.2, 0.25) is 0 Å². The van der Waals surface area contributed by atoms with Gasteiger partial charge in [0.2, 0.25) is 0 Å². The molecule has 0 atom stereocenters. The van der Waals surface area contributed by atoms with Crippen molar-refractivity contribution in [2.24, 2.45) is 0 Å². The SMILES string of the molecule is CCn1cncc1Cn1ccc2ccc(CO)cc21. The van der Waals surface area contributed by atoms with Crippen LogP contribution in [0.3, 0.4) is 0 Å². The molecule has 1 N–H and O–H groups in total. The molecule has 3 rings (SSSR count). The quantitative estimate of drug-likeness (QED) is 0.778. The van der Waals surface area contributed by atoms with Gasteiger partial charge in [0.15, 0.2) is 0 Å². The van der Waals surface area contributed by atoms with Gasteiger partial charge in [-0.05, 0) is 30.0 Å². The van der Waals surface area contributed by atoms with E-state index < -0.39 is 0 Å². The fourth-order valence-electron chi connectivity index (χ4n) is 2.40. The number of aliphatic hydroxyl groups excluding tert-OH is 1. The summed E-state index contributed by atoms with van der Waals surface area (Å²) in [7, 11) is 0. The summed E-state index contributed by atoms with van der Waals surface area (Å²) in [4.78, 5) is 4.20. The molecule has 0 unspecified atom stereocenters. The average molecular weight is 255 g/mol. The number of fused-ring (bicyclic) bond motifs is 1. The minimum Gasteiger partial charge on any atom is -0.392 e. The van der Waals surface area contributed by atoms with Gasteiger partial charge in [0, 0.05) is 24.5 Å². The van der Waals surface area contributed by atoms with E-state index in [1.165, 1.54) is 11.1 Å². The van der Waals surface area contributed by atoms with Crippen LogP contribution in [0.15, 0.2) is 43.0 Å². The van der Waals surface area contributed by atoms with Crippen LogP contribution in [0.1, 0.15) is 18.2 Å². The third-order valence-corrected chi connectivity index (χ3v) is 3.49. The topological polar surface area (TPSA) is 43.0 Å². The molecule has 0 saturated carbocycles. The highest BCUT2D eigenvalue weighted by Gasteiger charge is 2.06. The van der Waals surface area contributed by atoms with Crippen molar-refractivity contribution in [3.63, 3.8) is 0 Å². The van der Waals surface area contributed by atoms with Crippen LogP contribution in [-0.4, -0.2) is 19.2 Å². The maximum absolute atomic E-state index is 9.24. The molecular formula is C15H17N3O. The lowest BCUT2D eigenvalue weighted by atomic mass is 10.2. The van der Waals surface area contributed by atoms with Crippen LogP contribution in [0.25, 0.3) is 10.9 Å². The average Bonchev–Trinajstić information content (AvgIpc) is 3.06. The van der Waals surface area contributed by atoms with E-state index in [0.29, 0.717) is 0 Å². The van der Waals surface area contributed by atoms with Crippen LogP contribution in [0.5, 0.6) is 0 Å². The zero-order valence-electron chi connectivity index (χ0n) is 11.0. The van der Waals surface area contributed by atoms with E-state index in [4.69, 9.17) is 0 Å². The molecule has 0 radical (unpaired) electrons. The molecule has 0 spiro atoms. The first kappa shape index (κ1) is 12.0. The number of hydrogen-bond acceptors (Lipinski definition) is 2. The third-order valence-electron chi connectivity index (χ3n) is 3.49. The van der Waals surface area contributed by atoms with E-state index >= 15 is 0 Å². The van der Waals surface area contributed by atoms with Gasteiger partial charge in [-0.3, -0.25) is 0 Å². The monoisotopic (exact) mass is 255 g/mol. The van der Waals surface area contributed by atoms with Gasteiger partial charge < -0.3 is 14.2 Å². The van der Waals surface area contributed by atoms with Gasteiger partial charge in [-0.1, -0.05) is 12.1 Å². The van der Waals surface area contributed by atoms with Crippen molar-refractivity contribution in [1.29, 1.82) is 0 Å². The standard InChI is InChI=1S/C15H17N3O/c1-2-17-11-16-8-14(17)9-18-6-5-13-4-3-12(10-19)7-15(13)18/h3-8,11,19H,2,9-10H2,1H3. The second-order valence-corrected chi connectivity index (χ2v) is 4.67. The van der Waals surface area contributed by atoms with Crippen molar-refractivity contribution in [3.05, 3.63) is 54.2 Å². The molecule has 0 saturated heterocycles. The minimum atomic E-state index is 0.0774. The van der Waals surface area contributed by atoms with Crippen molar-refractivity contribution in [3.8, 4) is 0 Å². The summed E-state index contributed by atoms with van der Waals surface area (Å²) in [6.07, 6.45) is 5.85. The molecule has 4 nitrogen and oxygen atoms in total. The lowest BCUT2D eigenvalue weighted by Crippen LogP contribution is -2.05. The largest absolute Gasteiger partial charge is 0.392 e. The normalized spacial score (nSPS) is 11.3. The van der Waals surface area contributed by atoms with Crippen molar-refractivity contribution in [2.75, 3.05) is 0 Å². The molecule has 98 valence electrons. The van der Waals surface area contributed by atoms with Crippen molar-refractivity contribution >= 4 is 10.9 Å². The van der Waals surface area contributed by atoms with Crippen molar-refractivity contribution in [2.45, 2.75) is 26.6 Å². The molecule has 3 aromatic rings. The predicted molar refractivity (Wildman–Crippen MR) is 74.9 cm³/mol. The molecule has 0 aliphatic heterocycles. The lowest BCUT2D eigenvalue weighted by Gasteiger charge is -2.08. The molecule has 4 heteroatoms. The fourth-order valence-corrected chi connectivity index (χ4v) is 2.40. The van der Waals surface area contributed by atoms with Gasteiger partial charge in [-0.2, -0.15) is 0 Å². The first-order valence-electron chi connectivity index (χ1n) is 6.49. The molecule has 0 aliphatic rings. The van der Waals surface area contributed by atoms with E-state index in [1.54, 1.807) is 0 Å². The summed E-state index contributed by atoms with van der Waals surface area (Å²) >= 11 is 0. The first-order chi connectivity index (χ1) is 9.31. The van der Waals surface area contributed by atoms with E-state index in [9.17, 15) is 5.11 Å². The maximum Gasteiger partial charge on any atom is 0.0948 e. The lowest BCUT2D eigenvalue weighted by molar-refractivity contribution is 0.282. The Labute approximate surface area is 111 Å². The van der Waals surface area contributed by atoms with Crippen molar-refractivity contribution in [1.82, 2.24) is 14.1 Å². The van der Waals surface area contributed by atoms with E-state index in [2.05, 4.69) is 39.4 Å². The number of nitrogens with zero attached hydrogens (tertiary/aromatic N) is 3. The fraction of sp³-hybridized carbons (Fsp3) is 0.267. The second-order valence-electron chi connectivity index (χ2n) is 4.67. The molecule has 2 aromatic heterocycles. The second kappa shape index (κ2) is 4.90. The Balaban J connectivity index is 2.01. The molecular weight excluding hydrogens is 238 g/mol. The van der Waals surface area contributed by atoms with Crippen LogP contribution in [-0.2, 0) is 19.7 Å². The number of benzene rings is 1. The van der Waals surface area contributed by atoms with Gasteiger partial charge in [-0.25, -0.2) is 4.98 Å². The highest BCUT2D eigenvalue weighted by molar-refractivity contribution is 5.80. The van der Waals surface area contributed by atoms with Gasteiger partial charge in [0.05, 0.1) is 25.2 Å². The maximum atomic E-state index is 9.24. The van der Waals surface area contributed by atoms with Crippen LogP contribution in [0, 0.1) is 0 Å². The third kappa shape index (κ3) is 2.15. The number of imidazole rings is 1. The summed E-state index contributed by atoms with van der Waals surface area (Å²) in [5.74, 6) is 0. The number of hydrogen-bond donors (Lipinski definition) is 1. The molecule has 19 heavy (non-hydrogen) atoms. The molecule has 0 fully saturated rings. The first-order valence-corrected chi connectivity index (χ1v) is 6.49. The van der Waals surface area contributed by atoms with Gasteiger partial charge in [-0.15, -0.1) is 0 Å². The van der Waals surface area contributed by atoms with E-state index in [-0.39, 0.29) is 6.61 Å². The molecule has 0 aliphatic carbocycles. The Morgan fingerprint density at radius 2 is 2.11 bits per heavy atom. The van der Waals surface area contributed by atoms with Gasteiger partial charge >= 0.3 is 0 Å².